The SMILES string of the molecule is Cc1cccc(C(=O)NC(C)c2cnn(C)c2C)n1. The first kappa shape index (κ1) is 13.3. The summed E-state index contributed by atoms with van der Waals surface area (Å²) in [5.41, 5.74) is 3.33. The van der Waals surface area contributed by atoms with Crippen molar-refractivity contribution in [2.45, 2.75) is 26.8 Å². The van der Waals surface area contributed by atoms with Gasteiger partial charge >= 0.3 is 0 Å². The van der Waals surface area contributed by atoms with E-state index < -0.39 is 0 Å². The average molecular weight is 258 g/mol. The molecular weight excluding hydrogens is 240 g/mol. The molecule has 0 spiro atoms. The molecule has 1 N–H and O–H groups in total. The normalized spacial score (nSPS) is 12.2. The van der Waals surface area contributed by atoms with Crippen molar-refractivity contribution in [1.82, 2.24) is 20.1 Å². The molecule has 1 atom stereocenters. The zero-order valence-electron chi connectivity index (χ0n) is 11.6. The quantitative estimate of drug-likeness (QED) is 0.915. The Morgan fingerprint density at radius 1 is 1.37 bits per heavy atom. The molecule has 1 unspecified atom stereocenters. The van der Waals surface area contributed by atoms with Gasteiger partial charge in [-0.05, 0) is 32.9 Å². The molecule has 0 bridgehead atoms. The van der Waals surface area contributed by atoms with E-state index in [1.54, 1.807) is 16.9 Å². The second-order valence-electron chi connectivity index (χ2n) is 4.67. The van der Waals surface area contributed by atoms with Crippen LogP contribution in [0.3, 0.4) is 0 Å². The van der Waals surface area contributed by atoms with Crippen LogP contribution >= 0.6 is 0 Å². The molecule has 2 heterocycles. The van der Waals surface area contributed by atoms with Gasteiger partial charge < -0.3 is 5.32 Å². The lowest BCUT2D eigenvalue weighted by atomic mass is 10.1. The van der Waals surface area contributed by atoms with Gasteiger partial charge in [0.25, 0.3) is 5.91 Å². The molecule has 100 valence electrons. The van der Waals surface area contributed by atoms with Gasteiger partial charge in [-0.1, -0.05) is 6.07 Å². The van der Waals surface area contributed by atoms with Crippen molar-refractivity contribution >= 4 is 5.91 Å². The number of carbonyl (C=O) groups is 1. The average Bonchev–Trinajstić information content (AvgIpc) is 2.70. The maximum Gasteiger partial charge on any atom is 0.270 e. The Hall–Kier alpha value is -2.17. The van der Waals surface area contributed by atoms with Crippen LogP contribution in [0.5, 0.6) is 0 Å². The first-order valence-electron chi connectivity index (χ1n) is 6.22. The Morgan fingerprint density at radius 2 is 2.11 bits per heavy atom. The summed E-state index contributed by atoms with van der Waals surface area (Å²) in [5, 5.41) is 7.12. The molecule has 0 fully saturated rings. The standard InChI is InChI=1S/C14H18N4O/c1-9-6-5-7-13(16-9)14(19)17-10(2)12-8-15-18(4)11(12)3/h5-8,10H,1-4H3,(H,17,19). The molecule has 2 rings (SSSR count). The van der Waals surface area contributed by atoms with Crippen LogP contribution in [0.25, 0.3) is 0 Å². The zero-order valence-corrected chi connectivity index (χ0v) is 11.6. The van der Waals surface area contributed by atoms with Crippen LogP contribution < -0.4 is 5.32 Å². The lowest BCUT2D eigenvalue weighted by molar-refractivity contribution is 0.0934. The van der Waals surface area contributed by atoms with Crippen molar-refractivity contribution in [2.24, 2.45) is 7.05 Å². The molecule has 0 saturated carbocycles. The molecular formula is C14H18N4O. The monoisotopic (exact) mass is 258 g/mol. The molecule has 0 saturated heterocycles. The minimum Gasteiger partial charge on any atom is -0.344 e. The number of nitrogens with one attached hydrogen (secondary N) is 1. The van der Waals surface area contributed by atoms with E-state index in [9.17, 15) is 4.79 Å². The van der Waals surface area contributed by atoms with Crippen LogP contribution in [0.4, 0.5) is 0 Å². The minimum atomic E-state index is -0.167. The van der Waals surface area contributed by atoms with E-state index >= 15 is 0 Å². The third kappa shape index (κ3) is 2.81. The largest absolute Gasteiger partial charge is 0.344 e. The van der Waals surface area contributed by atoms with Crippen molar-refractivity contribution in [1.29, 1.82) is 0 Å². The summed E-state index contributed by atoms with van der Waals surface area (Å²) in [6, 6.07) is 5.32. The second-order valence-corrected chi connectivity index (χ2v) is 4.67. The van der Waals surface area contributed by atoms with E-state index in [-0.39, 0.29) is 11.9 Å². The number of carbonyl (C=O) groups excluding carboxylic acids is 1. The van der Waals surface area contributed by atoms with Crippen LogP contribution in [-0.2, 0) is 7.05 Å². The lowest BCUT2D eigenvalue weighted by Crippen LogP contribution is -2.27. The Labute approximate surface area is 112 Å². The van der Waals surface area contributed by atoms with E-state index in [2.05, 4.69) is 15.4 Å². The van der Waals surface area contributed by atoms with Gasteiger partial charge in [-0.25, -0.2) is 4.98 Å². The Kier molecular flexibility index (Phi) is 3.64. The van der Waals surface area contributed by atoms with E-state index in [0.717, 1.165) is 17.0 Å². The molecule has 0 radical (unpaired) electrons. The smallest absolute Gasteiger partial charge is 0.270 e. The van der Waals surface area contributed by atoms with Crippen LogP contribution in [0, 0.1) is 13.8 Å². The number of aromatic nitrogens is 3. The first-order valence-corrected chi connectivity index (χ1v) is 6.22. The topological polar surface area (TPSA) is 59.8 Å². The third-order valence-corrected chi connectivity index (χ3v) is 3.21. The molecule has 2 aromatic rings. The van der Waals surface area contributed by atoms with Crippen LogP contribution in [0.15, 0.2) is 24.4 Å². The molecule has 1 amide bonds. The van der Waals surface area contributed by atoms with Crippen LogP contribution in [0.1, 0.15) is 40.4 Å². The Balaban J connectivity index is 2.13. The lowest BCUT2D eigenvalue weighted by Gasteiger charge is -2.13. The van der Waals surface area contributed by atoms with Gasteiger partial charge in [0.15, 0.2) is 0 Å². The fourth-order valence-corrected chi connectivity index (χ4v) is 1.96. The van der Waals surface area contributed by atoms with E-state index in [4.69, 9.17) is 0 Å². The fraction of sp³-hybridized carbons (Fsp3) is 0.357. The van der Waals surface area contributed by atoms with Crippen molar-refractivity contribution < 1.29 is 4.79 Å². The van der Waals surface area contributed by atoms with E-state index in [1.807, 2.05) is 40.0 Å². The first-order chi connectivity index (χ1) is 8.99. The molecule has 5 heteroatoms. The molecule has 0 aliphatic heterocycles. The van der Waals surface area contributed by atoms with Gasteiger partial charge in [-0.2, -0.15) is 5.10 Å². The van der Waals surface area contributed by atoms with Gasteiger partial charge in [0.05, 0.1) is 12.2 Å². The summed E-state index contributed by atoms with van der Waals surface area (Å²) in [5.74, 6) is -0.167. The third-order valence-electron chi connectivity index (χ3n) is 3.21. The number of hydrogen-bond acceptors (Lipinski definition) is 3. The minimum absolute atomic E-state index is 0.0940. The predicted molar refractivity (Wildman–Crippen MR) is 72.8 cm³/mol. The number of aryl methyl sites for hydroxylation is 2. The van der Waals surface area contributed by atoms with Crippen molar-refractivity contribution in [3.05, 3.63) is 47.0 Å². The fourth-order valence-electron chi connectivity index (χ4n) is 1.96. The molecule has 0 aliphatic carbocycles. The highest BCUT2D eigenvalue weighted by atomic mass is 16.1. The van der Waals surface area contributed by atoms with Crippen LogP contribution in [-0.4, -0.2) is 20.7 Å². The maximum absolute atomic E-state index is 12.1. The number of amides is 1. The highest BCUT2D eigenvalue weighted by molar-refractivity contribution is 5.92. The van der Waals surface area contributed by atoms with Crippen molar-refractivity contribution in [3.63, 3.8) is 0 Å². The summed E-state index contributed by atoms with van der Waals surface area (Å²) in [7, 11) is 1.88. The number of hydrogen-bond donors (Lipinski definition) is 1. The summed E-state index contributed by atoms with van der Waals surface area (Å²) in [4.78, 5) is 16.3. The number of nitrogens with zero attached hydrogens (tertiary/aromatic N) is 3. The molecule has 0 aliphatic rings. The highest BCUT2D eigenvalue weighted by Gasteiger charge is 2.16. The van der Waals surface area contributed by atoms with E-state index in [1.165, 1.54) is 0 Å². The van der Waals surface area contributed by atoms with Gasteiger partial charge in [0.1, 0.15) is 5.69 Å². The number of rotatable bonds is 3. The highest BCUT2D eigenvalue weighted by Crippen LogP contribution is 2.16. The van der Waals surface area contributed by atoms with Gasteiger partial charge in [0, 0.05) is 24.0 Å². The summed E-state index contributed by atoms with van der Waals surface area (Å²) in [6.07, 6.45) is 1.78. The molecule has 5 nitrogen and oxygen atoms in total. The van der Waals surface area contributed by atoms with Crippen molar-refractivity contribution in [2.75, 3.05) is 0 Å². The predicted octanol–water partition coefficient (Wildman–Crippen LogP) is 1.92. The molecule has 2 aromatic heterocycles. The van der Waals surface area contributed by atoms with Gasteiger partial charge in [-0.3, -0.25) is 9.48 Å². The molecule has 19 heavy (non-hydrogen) atoms. The second kappa shape index (κ2) is 5.22. The van der Waals surface area contributed by atoms with Crippen molar-refractivity contribution in [3.8, 4) is 0 Å². The maximum atomic E-state index is 12.1. The molecule has 0 aromatic carbocycles. The summed E-state index contributed by atoms with van der Waals surface area (Å²) < 4.78 is 1.79. The van der Waals surface area contributed by atoms with Crippen LogP contribution in [0.2, 0.25) is 0 Å². The Morgan fingerprint density at radius 3 is 2.68 bits per heavy atom. The Bertz CT molecular complexity index is 603. The summed E-state index contributed by atoms with van der Waals surface area (Å²) >= 11 is 0. The summed E-state index contributed by atoms with van der Waals surface area (Å²) in [6.45, 7) is 5.79. The zero-order chi connectivity index (χ0) is 14.0. The van der Waals surface area contributed by atoms with Gasteiger partial charge in [-0.15, -0.1) is 0 Å². The number of pyridine rings is 1. The van der Waals surface area contributed by atoms with Gasteiger partial charge in [0.2, 0.25) is 0 Å². The van der Waals surface area contributed by atoms with E-state index in [0.29, 0.717) is 5.69 Å².